The number of halogens is 1. The second kappa shape index (κ2) is 8.71. The van der Waals surface area contributed by atoms with Crippen molar-refractivity contribution in [2.75, 3.05) is 11.6 Å². The van der Waals surface area contributed by atoms with Gasteiger partial charge in [-0.3, -0.25) is 20.8 Å². The van der Waals surface area contributed by atoms with Crippen molar-refractivity contribution < 1.29 is 17.6 Å². The molecule has 4 rings (SSSR count). The summed E-state index contributed by atoms with van der Waals surface area (Å²) in [5, 5.41) is 4.73. The molecule has 0 bridgehead atoms. The van der Waals surface area contributed by atoms with E-state index in [1.807, 2.05) is 12.1 Å². The van der Waals surface area contributed by atoms with Crippen LogP contribution in [-0.2, 0) is 23.6 Å². The number of hydrogen-bond donors (Lipinski definition) is 3. The Kier molecular flexibility index (Phi) is 6.07. The summed E-state index contributed by atoms with van der Waals surface area (Å²) < 4.78 is 36.0. The lowest BCUT2D eigenvalue weighted by Gasteiger charge is -2.14. The van der Waals surface area contributed by atoms with Crippen LogP contribution in [0.15, 0.2) is 53.8 Å². The summed E-state index contributed by atoms with van der Waals surface area (Å²) in [5.41, 5.74) is 11.4. The fourth-order valence-corrected chi connectivity index (χ4v) is 5.27. The topological polar surface area (TPSA) is 141 Å². The number of anilines is 1. The zero-order valence-electron chi connectivity index (χ0n) is 18.8. The standard InChI is InChI=1S/C23H23ClN6O3S/c1-13-6-15(7-14(2)22(13)34(31,32)33)8-16-9-18(24)4-5-19(16)20-12-30(26)23(25)21(28-20)17-10-27-29(3)11-17/h4-7,9-12,25H,8,26H2,1-3H3,(H,31,32,33)/p+1. The van der Waals surface area contributed by atoms with Crippen LogP contribution in [0.1, 0.15) is 22.3 Å². The van der Waals surface area contributed by atoms with Gasteiger partial charge in [0.15, 0.2) is 5.69 Å². The van der Waals surface area contributed by atoms with Crippen molar-refractivity contribution in [3.05, 3.63) is 76.2 Å². The van der Waals surface area contributed by atoms with Crippen LogP contribution in [0.4, 0.5) is 5.82 Å². The molecule has 0 aliphatic heterocycles. The number of hydrogen-bond acceptors (Lipinski definition) is 6. The molecule has 2 heterocycles. The van der Waals surface area contributed by atoms with Gasteiger partial charge in [-0.05, 0) is 54.7 Å². The average Bonchev–Trinajstić information content (AvgIpc) is 3.14. The Balaban J connectivity index is 1.83. The lowest BCUT2D eigenvalue weighted by molar-refractivity contribution is -0.623. The van der Waals surface area contributed by atoms with Gasteiger partial charge in [0.2, 0.25) is 0 Å². The monoisotopic (exact) mass is 499 g/mol. The Labute approximate surface area is 202 Å². The van der Waals surface area contributed by atoms with Crippen molar-refractivity contribution in [2.24, 2.45) is 7.05 Å². The van der Waals surface area contributed by atoms with Crippen LogP contribution < -0.4 is 16.3 Å². The summed E-state index contributed by atoms with van der Waals surface area (Å²) in [6, 6.07) is 8.93. The summed E-state index contributed by atoms with van der Waals surface area (Å²) in [6.07, 6.45) is 5.54. The maximum atomic E-state index is 11.7. The number of benzene rings is 2. The van der Waals surface area contributed by atoms with Crippen molar-refractivity contribution in [1.29, 1.82) is 0 Å². The molecule has 0 aliphatic carbocycles. The second-order valence-corrected chi connectivity index (χ2v) is 9.98. The lowest BCUT2D eigenvalue weighted by atomic mass is 9.96. The van der Waals surface area contributed by atoms with Crippen LogP contribution in [-0.4, -0.2) is 27.7 Å². The minimum absolute atomic E-state index is 0.0759. The molecule has 2 aromatic carbocycles. The van der Waals surface area contributed by atoms with Gasteiger partial charge >= 0.3 is 5.82 Å². The first-order chi connectivity index (χ1) is 15.9. The third-order valence-electron chi connectivity index (χ3n) is 5.51. The quantitative estimate of drug-likeness (QED) is 0.218. The van der Waals surface area contributed by atoms with Gasteiger partial charge in [0, 0.05) is 29.4 Å². The first kappa shape index (κ1) is 23.7. The number of nitrogens with zero attached hydrogens (tertiary/aromatic N) is 4. The highest BCUT2D eigenvalue weighted by Gasteiger charge is 2.21. The Hall–Kier alpha value is -3.47. The molecule has 0 amide bonds. The van der Waals surface area contributed by atoms with E-state index < -0.39 is 10.1 Å². The summed E-state index contributed by atoms with van der Waals surface area (Å²) in [4.78, 5) is 4.69. The molecule has 2 aromatic heterocycles. The molecule has 34 heavy (non-hydrogen) atoms. The average molecular weight is 500 g/mol. The highest BCUT2D eigenvalue weighted by molar-refractivity contribution is 7.86. The van der Waals surface area contributed by atoms with Crippen molar-refractivity contribution in [1.82, 2.24) is 14.8 Å². The van der Waals surface area contributed by atoms with Gasteiger partial charge in [0.25, 0.3) is 10.1 Å². The molecular formula is C23H24ClN6O3S+. The van der Waals surface area contributed by atoms with Gasteiger partial charge in [-0.15, -0.1) is 4.68 Å². The van der Waals surface area contributed by atoms with E-state index in [0.29, 0.717) is 39.8 Å². The fraction of sp³-hybridized carbons (Fsp3) is 0.174. The molecule has 0 atom stereocenters. The third-order valence-corrected chi connectivity index (χ3v) is 6.90. The second-order valence-electron chi connectivity index (χ2n) is 8.18. The van der Waals surface area contributed by atoms with Gasteiger partial charge in [0.1, 0.15) is 11.9 Å². The van der Waals surface area contributed by atoms with Gasteiger partial charge in [-0.25, -0.2) is 4.98 Å². The van der Waals surface area contributed by atoms with Crippen molar-refractivity contribution in [2.45, 2.75) is 25.2 Å². The molecule has 0 spiro atoms. The number of rotatable bonds is 5. The van der Waals surface area contributed by atoms with E-state index in [9.17, 15) is 13.0 Å². The smallest absolute Gasteiger partial charge is 0.283 e. The van der Waals surface area contributed by atoms with Gasteiger partial charge in [-0.2, -0.15) is 13.5 Å². The largest absolute Gasteiger partial charge is 0.322 e. The first-order valence-electron chi connectivity index (χ1n) is 10.3. The van der Waals surface area contributed by atoms with E-state index in [1.54, 1.807) is 62.4 Å². The minimum atomic E-state index is -4.32. The van der Waals surface area contributed by atoms with E-state index in [-0.39, 0.29) is 4.90 Å². The number of nitrogen functional groups attached to an aromatic ring is 2. The third kappa shape index (κ3) is 4.60. The number of aromatic nitrogens is 4. The van der Waals surface area contributed by atoms with Crippen LogP contribution in [0.2, 0.25) is 5.02 Å². The van der Waals surface area contributed by atoms with Crippen molar-refractivity contribution in [3.63, 3.8) is 0 Å². The Morgan fingerprint density at radius 1 is 1.18 bits per heavy atom. The molecule has 176 valence electrons. The Bertz CT molecular complexity index is 1510. The van der Waals surface area contributed by atoms with Gasteiger partial charge < -0.3 is 0 Å². The zero-order chi connectivity index (χ0) is 24.8. The number of aryl methyl sites for hydroxylation is 3. The molecule has 9 nitrogen and oxygen atoms in total. The van der Waals surface area contributed by atoms with Crippen LogP contribution in [0.3, 0.4) is 0 Å². The molecule has 4 aromatic rings. The van der Waals surface area contributed by atoms with Crippen molar-refractivity contribution in [3.8, 4) is 22.5 Å². The van der Waals surface area contributed by atoms with Gasteiger partial charge in [-0.1, -0.05) is 29.8 Å². The summed E-state index contributed by atoms with van der Waals surface area (Å²) >= 11 is 6.31. The first-order valence-corrected chi connectivity index (χ1v) is 12.1. The molecular weight excluding hydrogens is 476 g/mol. The lowest BCUT2D eigenvalue weighted by Crippen LogP contribution is -2.47. The molecule has 5 N–H and O–H groups in total. The van der Waals surface area contributed by atoms with E-state index >= 15 is 0 Å². The molecule has 0 unspecified atom stereocenters. The van der Waals surface area contributed by atoms with Crippen LogP contribution in [0, 0.1) is 13.8 Å². The highest BCUT2D eigenvalue weighted by atomic mass is 35.5. The molecule has 0 saturated heterocycles. The fourth-order valence-electron chi connectivity index (χ4n) is 4.14. The van der Waals surface area contributed by atoms with E-state index in [1.165, 1.54) is 4.68 Å². The number of nitrogens with two attached hydrogens (primary N) is 2. The predicted octanol–water partition coefficient (Wildman–Crippen LogP) is 2.84. The zero-order valence-corrected chi connectivity index (χ0v) is 20.4. The highest BCUT2D eigenvalue weighted by Crippen LogP contribution is 2.31. The summed E-state index contributed by atoms with van der Waals surface area (Å²) in [5.74, 6) is 6.44. The van der Waals surface area contributed by atoms with E-state index in [4.69, 9.17) is 28.2 Å². The van der Waals surface area contributed by atoms with Crippen LogP contribution in [0.5, 0.6) is 0 Å². The maximum absolute atomic E-state index is 11.7. The van der Waals surface area contributed by atoms with Crippen LogP contribution in [0.25, 0.3) is 22.5 Å². The summed E-state index contributed by atoms with van der Waals surface area (Å²) in [7, 11) is -2.52. The van der Waals surface area contributed by atoms with Crippen molar-refractivity contribution >= 4 is 27.5 Å². The molecule has 0 fully saturated rings. The Morgan fingerprint density at radius 3 is 2.44 bits per heavy atom. The molecule has 0 aliphatic rings. The van der Waals surface area contributed by atoms with E-state index in [2.05, 4.69) is 5.10 Å². The van der Waals surface area contributed by atoms with E-state index in [0.717, 1.165) is 22.3 Å². The SMILES string of the molecule is Cc1cc(Cc2cc(Cl)ccc2-c2c[n+](N)c(N)c(-c3cnn(C)c3)n2)cc(C)c1S(=O)(=O)O. The Morgan fingerprint density at radius 2 is 1.85 bits per heavy atom. The predicted molar refractivity (Wildman–Crippen MR) is 130 cm³/mol. The minimum Gasteiger partial charge on any atom is -0.283 e. The molecule has 0 saturated carbocycles. The molecule has 11 heteroatoms. The summed E-state index contributed by atoms with van der Waals surface area (Å²) in [6.45, 7) is 3.30. The maximum Gasteiger partial charge on any atom is 0.322 e. The molecule has 0 radical (unpaired) electrons. The van der Waals surface area contributed by atoms with Crippen LogP contribution >= 0.6 is 11.6 Å². The normalized spacial score (nSPS) is 11.7. The van der Waals surface area contributed by atoms with Gasteiger partial charge in [0.05, 0.1) is 11.1 Å².